The summed E-state index contributed by atoms with van der Waals surface area (Å²) in [6.07, 6.45) is -2.82. The van der Waals surface area contributed by atoms with Gasteiger partial charge in [-0.1, -0.05) is 35.5 Å². The molecule has 1 aromatic carbocycles. The molecule has 2 aromatic heterocycles. The van der Waals surface area contributed by atoms with Gasteiger partial charge < -0.3 is 14.9 Å². The van der Waals surface area contributed by atoms with Gasteiger partial charge in [0, 0.05) is 13.0 Å². The second-order valence-electron chi connectivity index (χ2n) is 5.17. The largest absolute Gasteiger partial charge is 0.421 e. The zero-order valence-corrected chi connectivity index (χ0v) is 12.3. The molecular formula is C15H13F3N4O2. The lowest BCUT2D eigenvalue weighted by atomic mass is 9.89. The summed E-state index contributed by atoms with van der Waals surface area (Å²) in [6.45, 7) is -0.164. The van der Waals surface area contributed by atoms with Crippen LogP contribution in [0.4, 0.5) is 19.0 Å². The van der Waals surface area contributed by atoms with E-state index >= 15 is 0 Å². The molecule has 24 heavy (non-hydrogen) atoms. The summed E-state index contributed by atoms with van der Waals surface area (Å²) in [6, 6.07) is 6.98. The normalized spacial score (nSPS) is 14.5. The Bertz CT molecular complexity index is 822. The molecule has 1 unspecified atom stereocenters. The molecule has 0 aliphatic rings. The number of nitrogens with one attached hydrogen (secondary N) is 1. The first kappa shape index (κ1) is 16.2. The number of halogens is 3. The number of fused-ring (bicyclic) bond motifs is 1. The highest BCUT2D eigenvalue weighted by molar-refractivity contribution is 5.84. The van der Waals surface area contributed by atoms with Gasteiger partial charge in [-0.15, -0.1) is 0 Å². The first-order valence-electron chi connectivity index (χ1n) is 7.06. The maximum atomic E-state index is 13.4. The molecule has 2 heterocycles. The summed E-state index contributed by atoms with van der Waals surface area (Å²) in [7, 11) is 0. The van der Waals surface area contributed by atoms with Gasteiger partial charge in [-0.2, -0.15) is 18.2 Å². The fourth-order valence-electron chi connectivity index (χ4n) is 2.36. The standard InChI is InChI=1S/C15H13F3N4O2/c16-15(17,18)14(23,10-4-2-1-3-5-10)6-7-19-12-11-8-22-24-13(11)21-9-20-12/h1-5,8-9,23H,6-7H2,(H,19,20,21). The van der Waals surface area contributed by atoms with Crippen molar-refractivity contribution in [2.24, 2.45) is 0 Å². The van der Waals surface area contributed by atoms with E-state index in [0.717, 1.165) is 0 Å². The van der Waals surface area contributed by atoms with Crippen LogP contribution in [0, 0.1) is 0 Å². The molecule has 6 nitrogen and oxygen atoms in total. The zero-order valence-electron chi connectivity index (χ0n) is 12.3. The molecule has 0 amide bonds. The lowest BCUT2D eigenvalue weighted by Gasteiger charge is -2.31. The van der Waals surface area contributed by atoms with Gasteiger partial charge in [0.2, 0.25) is 0 Å². The fraction of sp³-hybridized carbons (Fsp3) is 0.267. The first-order valence-corrected chi connectivity index (χ1v) is 7.06. The van der Waals surface area contributed by atoms with Crippen LogP contribution >= 0.6 is 0 Å². The van der Waals surface area contributed by atoms with Crippen LogP contribution in [0.5, 0.6) is 0 Å². The topological polar surface area (TPSA) is 84.1 Å². The van der Waals surface area contributed by atoms with Gasteiger partial charge in [0.1, 0.15) is 17.5 Å². The third kappa shape index (κ3) is 2.90. The number of alkyl halides is 3. The minimum atomic E-state index is -4.81. The molecule has 0 fully saturated rings. The van der Waals surface area contributed by atoms with E-state index in [1.54, 1.807) is 6.07 Å². The number of benzene rings is 1. The number of hydrogen-bond acceptors (Lipinski definition) is 6. The molecule has 0 bridgehead atoms. The van der Waals surface area contributed by atoms with Gasteiger partial charge >= 0.3 is 6.18 Å². The average molecular weight is 338 g/mol. The van der Waals surface area contributed by atoms with Crippen LogP contribution in [-0.4, -0.2) is 33.0 Å². The van der Waals surface area contributed by atoms with Crippen molar-refractivity contribution in [3.63, 3.8) is 0 Å². The molecule has 9 heteroatoms. The van der Waals surface area contributed by atoms with Gasteiger partial charge in [-0.25, -0.2) is 4.98 Å². The van der Waals surface area contributed by atoms with Gasteiger partial charge in [0.15, 0.2) is 5.60 Å². The first-order chi connectivity index (χ1) is 11.4. The van der Waals surface area contributed by atoms with Crippen LogP contribution in [-0.2, 0) is 5.60 Å². The second kappa shape index (κ2) is 6.08. The lowest BCUT2D eigenvalue weighted by Crippen LogP contribution is -2.43. The van der Waals surface area contributed by atoms with E-state index in [9.17, 15) is 18.3 Å². The Morgan fingerprint density at radius 3 is 2.58 bits per heavy atom. The van der Waals surface area contributed by atoms with Gasteiger partial charge in [-0.05, 0) is 5.56 Å². The van der Waals surface area contributed by atoms with E-state index in [2.05, 4.69) is 20.4 Å². The fourth-order valence-corrected chi connectivity index (χ4v) is 2.36. The predicted octanol–water partition coefficient (Wildman–Crippen LogP) is 2.87. The molecule has 2 N–H and O–H groups in total. The van der Waals surface area contributed by atoms with E-state index in [1.165, 1.54) is 36.8 Å². The molecule has 0 saturated heterocycles. The number of rotatable bonds is 5. The Hall–Kier alpha value is -2.68. The number of anilines is 1. The van der Waals surface area contributed by atoms with Gasteiger partial charge in [0.25, 0.3) is 5.71 Å². The van der Waals surface area contributed by atoms with Crippen LogP contribution in [0.25, 0.3) is 11.1 Å². The molecule has 0 aliphatic carbocycles. The molecule has 0 radical (unpaired) electrons. The Balaban J connectivity index is 1.79. The summed E-state index contributed by atoms with van der Waals surface area (Å²) in [4.78, 5) is 7.78. The highest BCUT2D eigenvalue weighted by Crippen LogP contribution is 2.41. The average Bonchev–Trinajstić information content (AvgIpc) is 3.04. The molecule has 3 rings (SSSR count). The predicted molar refractivity (Wildman–Crippen MR) is 79.1 cm³/mol. The van der Waals surface area contributed by atoms with Gasteiger partial charge in [-0.3, -0.25) is 0 Å². The highest BCUT2D eigenvalue weighted by atomic mass is 19.4. The maximum absolute atomic E-state index is 13.4. The summed E-state index contributed by atoms with van der Waals surface area (Å²) in [5.74, 6) is 0.291. The molecule has 1 atom stereocenters. The number of aliphatic hydroxyl groups is 1. The molecule has 0 spiro atoms. The van der Waals surface area contributed by atoms with Crippen molar-refractivity contribution in [1.82, 2.24) is 15.1 Å². The molecule has 126 valence electrons. The number of aromatic nitrogens is 3. The summed E-state index contributed by atoms with van der Waals surface area (Å²) < 4.78 is 45.0. The van der Waals surface area contributed by atoms with Crippen molar-refractivity contribution in [3.05, 3.63) is 48.4 Å². The van der Waals surface area contributed by atoms with E-state index in [0.29, 0.717) is 11.2 Å². The molecular weight excluding hydrogens is 325 g/mol. The van der Waals surface area contributed by atoms with Crippen molar-refractivity contribution in [3.8, 4) is 0 Å². The van der Waals surface area contributed by atoms with Crippen LogP contribution in [0.1, 0.15) is 12.0 Å². The summed E-state index contributed by atoms with van der Waals surface area (Å²) in [5, 5.41) is 17.0. The maximum Gasteiger partial charge on any atom is 0.421 e. The van der Waals surface area contributed by atoms with E-state index in [4.69, 9.17) is 4.52 Å². The zero-order chi connectivity index (χ0) is 17.2. The van der Waals surface area contributed by atoms with Crippen LogP contribution < -0.4 is 5.32 Å². The van der Waals surface area contributed by atoms with Crippen LogP contribution in [0.3, 0.4) is 0 Å². The smallest absolute Gasteiger partial charge is 0.376 e. The van der Waals surface area contributed by atoms with Crippen molar-refractivity contribution in [2.45, 2.75) is 18.2 Å². The minimum Gasteiger partial charge on any atom is -0.376 e. The summed E-state index contributed by atoms with van der Waals surface area (Å²) in [5.41, 5.74) is -2.94. The number of nitrogens with zero attached hydrogens (tertiary/aromatic N) is 3. The van der Waals surface area contributed by atoms with Gasteiger partial charge in [0.05, 0.1) is 6.20 Å². The van der Waals surface area contributed by atoms with E-state index in [-0.39, 0.29) is 17.8 Å². The van der Waals surface area contributed by atoms with E-state index in [1.807, 2.05) is 0 Å². The number of hydrogen-bond donors (Lipinski definition) is 2. The molecule has 0 aliphatic heterocycles. The quantitative estimate of drug-likeness (QED) is 0.744. The Morgan fingerprint density at radius 1 is 1.12 bits per heavy atom. The van der Waals surface area contributed by atoms with Crippen molar-refractivity contribution < 1.29 is 22.8 Å². The third-order valence-corrected chi connectivity index (χ3v) is 3.67. The lowest BCUT2D eigenvalue weighted by molar-refractivity contribution is -0.268. The SMILES string of the molecule is OC(CCNc1ncnc2oncc12)(c1ccccc1)C(F)(F)F. The third-order valence-electron chi connectivity index (χ3n) is 3.67. The van der Waals surface area contributed by atoms with Crippen molar-refractivity contribution >= 4 is 16.9 Å². The second-order valence-corrected chi connectivity index (χ2v) is 5.17. The monoisotopic (exact) mass is 338 g/mol. The van der Waals surface area contributed by atoms with Crippen LogP contribution in [0.2, 0.25) is 0 Å². The Labute approximate surface area is 134 Å². The van der Waals surface area contributed by atoms with Crippen molar-refractivity contribution in [1.29, 1.82) is 0 Å². The minimum absolute atomic E-state index is 0.164. The molecule has 0 saturated carbocycles. The Kier molecular flexibility index (Phi) is 4.10. The van der Waals surface area contributed by atoms with E-state index < -0.39 is 18.2 Å². The molecule has 3 aromatic rings. The highest BCUT2D eigenvalue weighted by Gasteiger charge is 2.54. The summed E-state index contributed by atoms with van der Waals surface area (Å²) >= 11 is 0. The Morgan fingerprint density at radius 2 is 1.88 bits per heavy atom. The van der Waals surface area contributed by atoms with Crippen molar-refractivity contribution in [2.75, 3.05) is 11.9 Å². The van der Waals surface area contributed by atoms with Crippen LogP contribution in [0.15, 0.2) is 47.4 Å².